The van der Waals surface area contributed by atoms with Crippen molar-refractivity contribution in [3.05, 3.63) is 0 Å². The van der Waals surface area contributed by atoms with Crippen molar-refractivity contribution in [3.63, 3.8) is 0 Å². The Morgan fingerprint density at radius 2 is 2.10 bits per heavy atom. The van der Waals surface area contributed by atoms with Gasteiger partial charge in [-0.2, -0.15) is 0 Å². The molecule has 2 aliphatic carbocycles. The van der Waals surface area contributed by atoms with Crippen LogP contribution in [-0.4, -0.2) is 43.2 Å². The Balaban J connectivity index is 0.00000161. The number of rotatable bonds is 5. The number of amides is 1. The molecule has 0 aromatic carbocycles. The second-order valence-corrected chi connectivity index (χ2v) is 6.96. The first-order chi connectivity index (χ1) is 9.66. The molecular weight excluding hydrogens is 288 g/mol. The Morgan fingerprint density at radius 3 is 2.67 bits per heavy atom. The number of hydrogen-bond acceptors (Lipinski definition) is 3. The third kappa shape index (κ3) is 3.08. The van der Waals surface area contributed by atoms with E-state index in [1.807, 2.05) is 6.92 Å². The monoisotopic (exact) mass is 316 g/mol. The quantitative estimate of drug-likeness (QED) is 0.791. The number of nitrogens with two attached hydrogens (primary N) is 1. The highest BCUT2D eigenvalue weighted by Crippen LogP contribution is 2.47. The van der Waals surface area contributed by atoms with Gasteiger partial charge in [0.05, 0.1) is 5.41 Å². The molecule has 1 aliphatic heterocycles. The summed E-state index contributed by atoms with van der Waals surface area (Å²) < 4.78 is 5.48. The molecular formula is C16H29ClN2O2. The number of hydrogen-bond donors (Lipinski definition) is 1. The number of carbonyl (C=O) groups excluding carboxylic acids is 1. The highest BCUT2D eigenvalue weighted by molar-refractivity contribution is 5.85. The Hall–Kier alpha value is -0.320. The highest BCUT2D eigenvalue weighted by atomic mass is 35.5. The van der Waals surface area contributed by atoms with Crippen LogP contribution in [0.2, 0.25) is 0 Å². The number of nitrogens with zero attached hydrogens (tertiary/aromatic N) is 1. The van der Waals surface area contributed by atoms with Crippen molar-refractivity contribution in [1.29, 1.82) is 0 Å². The lowest BCUT2D eigenvalue weighted by molar-refractivity contribution is -0.148. The van der Waals surface area contributed by atoms with E-state index in [9.17, 15) is 4.79 Å². The molecule has 0 radical (unpaired) electrons. The molecule has 0 aromatic heterocycles. The molecule has 2 saturated carbocycles. The Bertz CT molecular complexity index is 373. The second kappa shape index (κ2) is 6.84. The van der Waals surface area contributed by atoms with Crippen LogP contribution >= 0.6 is 12.4 Å². The van der Waals surface area contributed by atoms with Gasteiger partial charge in [-0.05, 0) is 50.9 Å². The molecule has 4 nitrogen and oxygen atoms in total. The molecule has 122 valence electrons. The first kappa shape index (κ1) is 17.0. The molecule has 3 rings (SSSR count). The standard InChI is InChI=1S/C16H28N2O2.ClH/c1-2-20-9-8-16(6-3-7-16)15(19)18-10-12-4-5-14(17)13(12)11-18;/h12-14H,2-11,17H2,1H3;1H. The van der Waals surface area contributed by atoms with Gasteiger partial charge in [-0.15, -0.1) is 12.4 Å². The first-order valence-electron chi connectivity index (χ1n) is 8.29. The molecule has 0 bridgehead atoms. The maximum atomic E-state index is 12.9. The lowest BCUT2D eigenvalue weighted by atomic mass is 9.66. The van der Waals surface area contributed by atoms with Crippen molar-refractivity contribution < 1.29 is 9.53 Å². The van der Waals surface area contributed by atoms with E-state index in [2.05, 4.69) is 4.90 Å². The molecule has 1 saturated heterocycles. The van der Waals surface area contributed by atoms with Crippen LogP contribution in [0.25, 0.3) is 0 Å². The van der Waals surface area contributed by atoms with Crippen LogP contribution in [0, 0.1) is 17.3 Å². The summed E-state index contributed by atoms with van der Waals surface area (Å²) in [5.41, 5.74) is 6.08. The summed E-state index contributed by atoms with van der Waals surface area (Å²) >= 11 is 0. The normalized spacial score (nSPS) is 33.2. The number of carbonyl (C=O) groups is 1. The molecule has 3 fully saturated rings. The summed E-state index contributed by atoms with van der Waals surface area (Å²) in [4.78, 5) is 15.0. The van der Waals surface area contributed by atoms with Crippen LogP contribution in [0.1, 0.15) is 45.4 Å². The third-order valence-corrected chi connectivity index (χ3v) is 5.89. The predicted octanol–water partition coefficient (Wildman–Crippen LogP) is 2.20. The summed E-state index contributed by atoms with van der Waals surface area (Å²) in [6.45, 7) is 5.34. The zero-order valence-corrected chi connectivity index (χ0v) is 13.9. The summed E-state index contributed by atoms with van der Waals surface area (Å²) in [6, 6.07) is 0.318. The van der Waals surface area contributed by atoms with Crippen LogP contribution < -0.4 is 5.73 Å². The SMILES string of the molecule is CCOCCC1(C(=O)N2CC3CCC(N)C3C2)CCC1.Cl. The van der Waals surface area contributed by atoms with Gasteiger partial charge in [-0.3, -0.25) is 4.79 Å². The topological polar surface area (TPSA) is 55.6 Å². The molecule has 5 heteroatoms. The number of ether oxygens (including phenoxy) is 1. The minimum atomic E-state index is -0.0993. The van der Waals surface area contributed by atoms with Gasteiger partial charge in [0.1, 0.15) is 0 Å². The van der Waals surface area contributed by atoms with Gasteiger partial charge in [-0.1, -0.05) is 6.42 Å². The Labute approximate surface area is 134 Å². The molecule has 3 atom stereocenters. The predicted molar refractivity (Wildman–Crippen MR) is 85.4 cm³/mol. The van der Waals surface area contributed by atoms with Crippen molar-refractivity contribution in [2.24, 2.45) is 23.0 Å². The lowest BCUT2D eigenvalue weighted by Crippen LogP contribution is -2.48. The van der Waals surface area contributed by atoms with Crippen LogP contribution in [0.5, 0.6) is 0 Å². The number of halogens is 1. The van der Waals surface area contributed by atoms with E-state index in [0.29, 0.717) is 23.8 Å². The van der Waals surface area contributed by atoms with E-state index >= 15 is 0 Å². The zero-order valence-electron chi connectivity index (χ0n) is 13.1. The summed E-state index contributed by atoms with van der Waals surface area (Å²) in [7, 11) is 0. The zero-order chi connectivity index (χ0) is 14.2. The van der Waals surface area contributed by atoms with E-state index in [0.717, 1.165) is 52.0 Å². The molecule has 3 aliphatic rings. The molecule has 1 heterocycles. The van der Waals surface area contributed by atoms with E-state index in [1.54, 1.807) is 0 Å². The van der Waals surface area contributed by atoms with Crippen LogP contribution in [0.4, 0.5) is 0 Å². The fraction of sp³-hybridized carbons (Fsp3) is 0.938. The maximum absolute atomic E-state index is 12.9. The van der Waals surface area contributed by atoms with E-state index in [1.165, 1.54) is 12.8 Å². The Morgan fingerprint density at radius 1 is 1.33 bits per heavy atom. The van der Waals surface area contributed by atoms with Gasteiger partial charge in [-0.25, -0.2) is 0 Å². The van der Waals surface area contributed by atoms with E-state index in [4.69, 9.17) is 10.5 Å². The van der Waals surface area contributed by atoms with Gasteiger partial charge >= 0.3 is 0 Å². The van der Waals surface area contributed by atoms with E-state index < -0.39 is 0 Å². The molecule has 0 spiro atoms. The minimum Gasteiger partial charge on any atom is -0.382 e. The fourth-order valence-electron chi connectivity index (χ4n) is 4.39. The van der Waals surface area contributed by atoms with Crippen molar-refractivity contribution in [3.8, 4) is 0 Å². The van der Waals surface area contributed by atoms with E-state index in [-0.39, 0.29) is 17.8 Å². The molecule has 3 unspecified atom stereocenters. The van der Waals surface area contributed by atoms with Gasteiger partial charge in [0.2, 0.25) is 5.91 Å². The van der Waals surface area contributed by atoms with Crippen molar-refractivity contribution in [1.82, 2.24) is 4.90 Å². The maximum Gasteiger partial charge on any atom is 0.228 e. The molecule has 2 N–H and O–H groups in total. The lowest BCUT2D eigenvalue weighted by Gasteiger charge is -2.43. The van der Waals surface area contributed by atoms with Crippen molar-refractivity contribution in [2.75, 3.05) is 26.3 Å². The van der Waals surface area contributed by atoms with Crippen LogP contribution in [0.3, 0.4) is 0 Å². The summed E-state index contributed by atoms with van der Waals surface area (Å²) in [5, 5.41) is 0. The summed E-state index contributed by atoms with van der Waals surface area (Å²) in [6.07, 6.45) is 6.55. The van der Waals surface area contributed by atoms with Gasteiger partial charge in [0, 0.05) is 32.3 Å². The third-order valence-electron chi connectivity index (χ3n) is 5.89. The number of likely N-dealkylation sites (tertiary alicyclic amines) is 1. The highest BCUT2D eigenvalue weighted by Gasteiger charge is 2.50. The average molecular weight is 317 g/mol. The molecule has 1 amide bonds. The number of fused-ring (bicyclic) bond motifs is 1. The van der Waals surface area contributed by atoms with Crippen molar-refractivity contribution in [2.45, 2.75) is 51.5 Å². The van der Waals surface area contributed by atoms with Crippen LogP contribution in [-0.2, 0) is 9.53 Å². The second-order valence-electron chi connectivity index (χ2n) is 6.96. The minimum absolute atomic E-state index is 0. The van der Waals surface area contributed by atoms with Crippen molar-refractivity contribution >= 4 is 18.3 Å². The Kier molecular flexibility index (Phi) is 5.55. The summed E-state index contributed by atoms with van der Waals surface area (Å²) in [5.74, 6) is 1.62. The van der Waals surface area contributed by atoms with Crippen LogP contribution in [0.15, 0.2) is 0 Å². The average Bonchev–Trinajstić information content (AvgIpc) is 2.95. The first-order valence-corrected chi connectivity index (χ1v) is 8.29. The molecule has 0 aromatic rings. The fourth-order valence-corrected chi connectivity index (χ4v) is 4.39. The van der Waals surface area contributed by atoms with Gasteiger partial charge < -0.3 is 15.4 Å². The molecule has 21 heavy (non-hydrogen) atoms. The van der Waals surface area contributed by atoms with Gasteiger partial charge in [0.25, 0.3) is 0 Å². The van der Waals surface area contributed by atoms with Gasteiger partial charge in [0.15, 0.2) is 0 Å². The smallest absolute Gasteiger partial charge is 0.228 e. The largest absolute Gasteiger partial charge is 0.382 e.